The molecule has 0 aliphatic carbocycles. The van der Waals surface area contributed by atoms with E-state index in [1.807, 2.05) is 55.5 Å². The first kappa shape index (κ1) is 22.3. The number of aryl methyl sites for hydroxylation is 1. The molecule has 0 saturated carbocycles. The molecule has 0 fully saturated rings. The predicted octanol–water partition coefficient (Wildman–Crippen LogP) is 5.11. The van der Waals surface area contributed by atoms with Gasteiger partial charge in [-0.3, -0.25) is 0 Å². The van der Waals surface area contributed by atoms with Crippen LogP contribution in [0.2, 0.25) is 0 Å². The van der Waals surface area contributed by atoms with Gasteiger partial charge in [-0.1, -0.05) is 72.3 Å². The summed E-state index contributed by atoms with van der Waals surface area (Å²) in [5, 5.41) is 10.6. The molecule has 0 radical (unpaired) electrons. The number of hydrazone groups is 1. The molecule has 5 nitrogen and oxygen atoms in total. The molecule has 0 aromatic heterocycles. The number of nitrogens with one attached hydrogen (secondary N) is 2. The van der Waals surface area contributed by atoms with Gasteiger partial charge in [-0.2, -0.15) is 5.10 Å². The first-order valence-corrected chi connectivity index (χ1v) is 12.6. The highest BCUT2D eigenvalue weighted by molar-refractivity contribution is 7.83. The van der Waals surface area contributed by atoms with Gasteiger partial charge in [0.15, 0.2) is 11.0 Å². The Morgan fingerprint density at radius 3 is 2.59 bits per heavy atom. The van der Waals surface area contributed by atoms with E-state index >= 15 is 0 Å². The Morgan fingerprint density at radius 2 is 1.71 bits per heavy atom. The van der Waals surface area contributed by atoms with E-state index in [9.17, 15) is 4.21 Å². The fourth-order valence-corrected chi connectivity index (χ4v) is 4.88. The summed E-state index contributed by atoms with van der Waals surface area (Å²) in [5.74, 6) is 0.798. The van der Waals surface area contributed by atoms with Crippen molar-refractivity contribution in [2.24, 2.45) is 5.10 Å². The lowest BCUT2D eigenvalue weighted by molar-refractivity contribution is 0.198. The molecule has 1 aliphatic rings. The van der Waals surface area contributed by atoms with Crippen molar-refractivity contribution in [3.63, 3.8) is 0 Å². The molecule has 4 aromatic rings. The molecule has 0 spiro atoms. The van der Waals surface area contributed by atoms with Crippen molar-refractivity contribution in [3.8, 4) is 5.75 Å². The van der Waals surface area contributed by atoms with Gasteiger partial charge < -0.3 is 10.1 Å². The minimum atomic E-state index is -1.42. The summed E-state index contributed by atoms with van der Waals surface area (Å²) in [7, 11) is -1.42. The first-order chi connectivity index (χ1) is 16.7. The van der Waals surface area contributed by atoms with Crippen molar-refractivity contribution in [2.75, 3.05) is 6.54 Å². The van der Waals surface area contributed by atoms with Crippen LogP contribution in [0.15, 0.2) is 101 Å². The van der Waals surface area contributed by atoms with E-state index in [2.05, 4.69) is 57.7 Å². The quantitative estimate of drug-likeness (QED) is 0.370. The van der Waals surface area contributed by atoms with E-state index in [1.54, 1.807) is 0 Å². The highest BCUT2D eigenvalue weighted by Crippen LogP contribution is 2.28. The second-order valence-corrected chi connectivity index (χ2v) is 9.63. The van der Waals surface area contributed by atoms with E-state index < -0.39 is 11.0 Å². The van der Waals surface area contributed by atoms with Crippen LogP contribution in [0.4, 0.5) is 0 Å². The number of ether oxygens (including phenoxy) is 1. The van der Waals surface area contributed by atoms with Crippen molar-refractivity contribution in [1.29, 1.82) is 0 Å². The molecular formula is C28H27N3O2S. The van der Waals surface area contributed by atoms with Gasteiger partial charge in [-0.25, -0.2) is 9.04 Å². The zero-order chi connectivity index (χ0) is 23.3. The monoisotopic (exact) mass is 469 g/mol. The third-order valence-electron chi connectivity index (χ3n) is 5.98. The Kier molecular flexibility index (Phi) is 6.70. The molecule has 2 unspecified atom stereocenters. The average molecular weight is 470 g/mol. The van der Waals surface area contributed by atoms with Crippen LogP contribution >= 0.6 is 0 Å². The predicted molar refractivity (Wildman–Crippen MR) is 138 cm³/mol. The van der Waals surface area contributed by atoms with E-state index in [-0.39, 0.29) is 6.10 Å². The Hall–Kier alpha value is -3.48. The van der Waals surface area contributed by atoms with E-state index in [0.29, 0.717) is 17.9 Å². The van der Waals surface area contributed by atoms with Crippen LogP contribution in [-0.4, -0.2) is 22.6 Å². The number of nitrogens with zero attached hydrogens (tertiary/aromatic N) is 1. The number of rotatable bonds is 7. The van der Waals surface area contributed by atoms with Crippen LogP contribution in [0.5, 0.6) is 5.75 Å². The van der Waals surface area contributed by atoms with Crippen LogP contribution in [-0.2, 0) is 17.5 Å². The van der Waals surface area contributed by atoms with Gasteiger partial charge in [-0.15, -0.1) is 0 Å². The minimum Gasteiger partial charge on any atom is -0.488 e. The molecule has 2 atom stereocenters. The highest BCUT2D eigenvalue weighted by atomic mass is 32.2. The zero-order valence-electron chi connectivity index (χ0n) is 19.0. The van der Waals surface area contributed by atoms with Gasteiger partial charge in [0, 0.05) is 25.1 Å². The topological polar surface area (TPSA) is 62.7 Å². The lowest BCUT2D eigenvalue weighted by atomic mass is 9.99. The maximum atomic E-state index is 12.7. The molecule has 34 heavy (non-hydrogen) atoms. The summed E-state index contributed by atoms with van der Waals surface area (Å²) < 4.78 is 18.9. The number of hydrogen-bond donors (Lipinski definition) is 2. The molecule has 172 valence electrons. The molecule has 6 heteroatoms. The second-order valence-electron chi connectivity index (χ2n) is 8.44. The number of benzene rings is 4. The molecule has 0 amide bonds. The summed E-state index contributed by atoms with van der Waals surface area (Å²) >= 11 is 0. The lowest BCUT2D eigenvalue weighted by Gasteiger charge is -2.27. The number of fused-ring (bicyclic) bond motifs is 2. The van der Waals surface area contributed by atoms with Crippen molar-refractivity contribution < 1.29 is 8.95 Å². The third kappa shape index (κ3) is 5.03. The number of para-hydroxylation sites is 1. The van der Waals surface area contributed by atoms with Crippen molar-refractivity contribution in [2.45, 2.75) is 30.9 Å². The highest BCUT2D eigenvalue weighted by Gasteiger charge is 2.25. The Bertz CT molecular complexity index is 1350. The molecule has 1 heterocycles. The summed E-state index contributed by atoms with van der Waals surface area (Å²) in [5.41, 5.74) is 4.17. The lowest BCUT2D eigenvalue weighted by Crippen LogP contribution is -2.37. The van der Waals surface area contributed by atoms with Crippen LogP contribution in [0, 0.1) is 6.92 Å². The Labute approximate surface area is 202 Å². The number of hydrogen-bond acceptors (Lipinski definition) is 4. The summed E-state index contributed by atoms with van der Waals surface area (Å²) in [4.78, 5) is 3.53. The van der Waals surface area contributed by atoms with Crippen LogP contribution in [0.3, 0.4) is 0 Å². The van der Waals surface area contributed by atoms with Gasteiger partial charge in [0.25, 0.3) is 0 Å². The molecule has 2 N–H and O–H groups in total. The van der Waals surface area contributed by atoms with E-state index in [4.69, 9.17) is 4.74 Å². The summed E-state index contributed by atoms with van der Waals surface area (Å²) in [6.45, 7) is 3.44. The second kappa shape index (κ2) is 10.2. The van der Waals surface area contributed by atoms with Gasteiger partial charge >= 0.3 is 0 Å². The fourth-order valence-electron chi connectivity index (χ4n) is 4.20. The van der Waals surface area contributed by atoms with E-state index in [1.165, 1.54) is 16.3 Å². The maximum absolute atomic E-state index is 12.7. The van der Waals surface area contributed by atoms with Crippen LogP contribution < -0.4 is 14.9 Å². The SMILES string of the molecule is Cc1ccc(S(=O)N/N=C2\CC(CNCc3cccc4ccccc34)Oc3ccccc32)cc1. The van der Waals surface area contributed by atoms with Crippen LogP contribution in [0.1, 0.15) is 23.1 Å². The van der Waals surface area contributed by atoms with Crippen molar-refractivity contribution in [1.82, 2.24) is 10.1 Å². The maximum Gasteiger partial charge on any atom is 0.166 e. The van der Waals surface area contributed by atoms with Crippen molar-refractivity contribution in [3.05, 3.63) is 108 Å². The van der Waals surface area contributed by atoms with Gasteiger partial charge in [0.1, 0.15) is 11.9 Å². The molecule has 5 rings (SSSR count). The molecule has 1 aliphatic heterocycles. The smallest absolute Gasteiger partial charge is 0.166 e. The van der Waals surface area contributed by atoms with Crippen molar-refractivity contribution >= 4 is 27.5 Å². The largest absolute Gasteiger partial charge is 0.488 e. The summed E-state index contributed by atoms with van der Waals surface area (Å²) in [6.07, 6.45) is 0.552. The Morgan fingerprint density at radius 1 is 0.941 bits per heavy atom. The molecular weight excluding hydrogens is 442 g/mol. The zero-order valence-corrected chi connectivity index (χ0v) is 19.8. The molecule has 0 saturated heterocycles. The van der Waals surface area contributed by atoms with Gasteiger partial charge in [-0.05, 0) is 47.5 Å². The summed E-state index contributed by atoms with van der Waals surface area (Å²) in [6, 6.07) is 30.3. The average Bonchev–Trinajstić information content (AvgIpc) is 2.87. The van der Waals surface area contributed by atoms with Gasteiger partial charge in [0.05, 0.1) is 10.6 Å². The molecule has 4 aromatic carbocycles. The molecule has 0 bridgehead atoms. The Balaban J connectivity index is 1.27. The first-order valence-electron chi connectivity index (χ1n) is 11.4. The normalized spacial score (nSPS) is 17.2. The fraction of sp³-hybridized carbons (Fsp3) is 0.179. The third-order valence-corrected chi connectivity index (χ3v) is 6.94. The van der Waals surface area contributed by atoms with E-state index in [0.717, 1.165) is 29.1 Å². The minimum absolute atomic E-state index is 0.0711. The van der Waals surface area contributed by atoms with Gasteiger partial charge in [0.2, 0.25) is 0 Å². The standard InChI is InChI=1S/C28H27N3O2S/c1-20-13-15-24(16-14-20)34(32)31-30-27-17-23(33-28-12-5-4-11-26(27)28)19-29-18-22-9-6-8-21-7-2-3-10-25(21)22/h2-16,23,29,31H,17-19H2,1H3/b30-27+. The van der Waals surface area contributed by atoms with Crippen LogP contribution in [0.25, 0.3) is 10.8 Å².